The number of benzene rings is 3. The summed E-state index contributed by atoms with van der Waals surface area (Å²) in [5.74, 6) is 0.449. The fourth-order valence-corrected chi connectivity index (χ4v) is 2.52. The van der Waals surface area contributed by atoms with E-state index in [0.717, 1.165) is 22.0 Å². The number of amides is 2. The monoisotopic (exact) mass is 322 g/mol. The van der Waals surface area contributed by atoms with Crippen LogP contribution in [0.2, 0.25) is 0 Å². The summed E-state index contributed by atoms with van der Waals surface area (Å²) in [5.41, 5.74) is 1.59. The molecule has 122 valence electrons. The van der Waals surface area contributed by atoms with E-state index in [4.69, 9.17) is 4.74 Å². The first-order valence-corrected chi connectivity index (χ1v) is 7.56. The molecule has 0 aliphatic carbocycles. The molecule has 0 heterocycles. The van der Waals surface area contributed by atoms with Crippen LogP contribution in [-0.2, 0) is 6.54 Å². The number of carbonyl (C=O) groups is 1. The summed E-state index contributed by atoms with van der Waals surface area (Å²) in [6.07, 6.45) is 0. The highest BCUT2D eigenvalue weighted by molar-refractivity contribution is 6.01. The Kier molecular flexibility index (Phi) is 4.52. The van der Waals surface area contributed by atoms with Gasteiger partial charge in [-0.3, -0.25) is 0 Å². The number of aromatic hydroxyl groups is 1. The van der Waals surface area contributed by atoms with E-state index in [1.54, 1.807) is 18.2 Å². The Bertz CT molecular complexity index is 872. The van der Waals surface area contributed by atoms with E-state index in [-0.39, 0.29) is 11.8 Å². The van der Waals surface area contributed by atoms with Crippen molar-refractivity contribution in [2.45, 2.75) is 6.54 Å². The lowest BCUT2D eigenvalue weighted by atomic mass is 10.1. The van der Waals surface area contributed by atoms with Crippen molar-refractivity contribution in [2.75, 3.05) is 12.4 Å². The second-order valence-electron chi connectivity index (χ2n) is 5.34. The standard InChI is InChI=1S/C19H18N2O3/c1-24-18-11-13(9-10-17(18)22)12-20-19(23)21-16-8-4-6-14-5-2-3-7-15(14)16/h2-11,22H,12H2,1H3,(H2,20,21,23). The first-order valence-electron chi connectivity index (χ1n) is 7.56. The molecular weight excluding hydrogens is 304 g/mol. The minimum atomic E-state index is -0.293. The van der Waals surface area contributed by atoms with E-state index >= 15 is 0 Å². The summed E-state index contributed by atoms with van der Waals surface area (Å²) in [7, 11) is 1.49. The number of methoxy groups -OCH3 is 1. The van der Waals surface area contributed by atoms with Crippen molar-refractivity contribution >= 4 is 22.5 Å². The maximum atomic E-state index is 12.1. The van der Waals surface area contributed by atoms with Gasteiger partial charge in [0.05, 0.1) is 12.8 Å². The molecule has 3 rings (SSSR count). The van der Waals surface area contributed by atoms with E-state index in [0.29, 0.717) is 12.3 Å². The Hall–Kier alpha value is -3.21. The third kappa shape index (κ3) is 3.41. The topological polar surface area (TPSA) is 70.6 Å². The fourth-order valence-electron chi connectivity index (χ4n) is 2.52. The minimum Gasteiger partial charge on any atom is -0.504 e. The molecule has 3 aromatic rings. The Labute approximate surface area is 139 Å². The highest BCUT2D eigenvalue weighted by Gasteiger charge is 2.07. The van der Waals surface area contributed by atoms with Gasteiger partial charge in [0.15, 0.2) is 11.5 Å². The maximum absolute atomic E-state index is 12.1. The number of phenolic OH excluding ortho intramolecular Hbond substituents is 1. The molecule has 24 heavy (non-hydrogen) atoms. The van der Waals surface area contributed by atoms with E-state index in [1.165, 1.54) is 7.11 Å². The van der Waals surface area contributed by atoms with Gasteiger partial charge in [-0.15, -0.1) is 0 Å². The molecule has 2 amide bonds. The van der Waals surface area contributed by atoms with Crippen LogP contribution in [0.25, 0.3) is 10.8 Å². The Morgan fingerprint density at radius 3 is 2.71 bits per heavy atom. The summed E-state index contributed by atoms with van der Waals surface area (Å²) in [6, 6.07) is 18.3. The molecule has 3 aromatic carbocycles. The number of rotatable bonds is 4. The fraction of sp³-hybridized carbons (Fsp3) is 0.105. The number of carbonyl (C=O) groups excluding carboxylic acids is 1. The van der Waals surface area contributed by atoms with Gasteiger partial charge in [0.25, 0.3) is 0 Å². The van der Waals surface area contributed by atoms with Gasteiger partial charge in [-0.1, -0.05) is 42.5 Å². The summed E-state index contributed by atoms with van der Waals surface area (Å²) in [4.78, 5) is 12.1. The van der Waals surface area contributed by atoms with Crippen LogP contribution in [-0.4, -0.2) is 18.2 Å². The molecule has 0 fully saturated rings. The molecule has 0 bridgehead atoms. The third-order valence-corrected chi connectivity index (χ3v) is 3.74. The van der Waals surface area contributed by atoms with Crippen LogP contribution in [0.4, 0.5) is 10.5 Å². The van der Waals surface area contributed by atoms with Crippen molar-refractivity contribution in [2.24, 2.45) is 0 Å². The Balaban J connectivity index is 1.67. The first kappa shape index (κ1) is 15.7. The first-order chi connectivity index (χ1) is 11.7. The molecular formula is C19H18N2O3. The van der Waals surface area contributed by atoms with Gasteiger partial charge in [0, 0.05) is 11.9 Å². The van der Waals surface area contributed by atoms with Crippen molar-refractivity contribution in [1.82, 2.24) is 5.32 Å². The quantitative estimate of drug-likeness (QED) is 0.683. The predicted octanol–water partition coefficient (Wildman–Crippen LogP) is 3.88. The molecule has 0 spiro atoms. The summed E-state index contributed by atoms with van der Waals surface area (Å²) in [6.45, 7) is 0.327. The second-order valence-corrected chi connectivity index (χ2v) is 5.34. The highest BCUT2D eigenvalue weighted by atomic mass is 16.5. The molecule has 0 radical (unpaired) electrons. The van der Waals surface area contributed by atoms with Crippen LogP contribution in [0.5, 0.6) is 11.5 Å². The van der Waals surface area contributed by atoms with E-state index < -0.39 is 0 Å². The van der Waals surface area contributed by atoms with Gasteiger partial charge in [0.1, 0.15) is 0 Å². The van der Waals surface area contributed by atoms with Crippen LogP contribution in [0.15, 0.2) is 60.7 Å². The van der Waals surface area contributed by atoms with Gasteiger partial charge < -0.3 is 20.5 Å². The van der Waals surface area contributed by atoms with Crippen LogP contribution in [0, 0.1) is 0 Å². The number of phenols is 1. The van der Waals surface area contributed by atoms with Gasteiger partial charge in [-0.05, 0) is 29.1 Å². The summed E-state index contributed by atoms with van der Waals surface area (Å²) < 4.78 is 5.06. The Morgan fingerprint density at radius 2 is 1.88 bits per heavy atom. The van der Waals surface area contributed by atoms with Crippen LogP contribution >= 0.6 is 0 Å². The minimum absolute atomic E-state index is 0.0708. The van der Waals surface area contributed by atoms with Gasteiger partial charge in [-0.2, -0.15) is 0 Å². The third-order valence-electron chi connectivity index (χ3n) is 3.74. The lowest BCUT2D eigenvalue weighted by Crippen LogP contribution is -2.28. The van der Waals surface area contributed by atoms with E-state index in [9.17, 15) is 9.90 Å². The number of urea groups is 1. The number of nitrogens with one attached hydrogen (secondary N) is 2. The zero-order valence-electron chi connectivity index (χ0n) is 13.2. The molecule has 5 heteroatoms. The largest absolute Gasteiger partial charge is 0.504 e. The second kappa shape index (κ2) is 6.91. The lowest BCUT2D eigenvalue weighted by Gasteiger charge is -2.11. The number of hydrogen-bond donors (Lipinski definition) is 3. The Morgan fingerprint density at radius 1 is 1.08 bits per heavy atom. The molecule has 0 saturated heterocycles. The zero-order chi connectivity index (χ0) is 16.9. The highest BCUT2D eigenvalue weighted by Crippen LogP contribution is 2.26. The molecule has 5 nitrogen and oxygen atoms in total. The normalized spacial score (nSPS) is 10.4. The molecule has 0 unspecified atom stereocenters. The van der Waals surface area contributed by atoms with Crippen molar-refractivity contribution in [1.29, 1.82) is 0 Å². The van der Waals surface area contributed by atoms with Crippen molar-refractivity contribution in [3.05, 3.63) is 66.2 Å². The molecule has 0 aliphatic rings. The van der Waals surface area contributed by atoms with Crippen LogP contribution < -0.4 is 15.4 Å². The lowest BCUT2D eigenvalue weighted by molar-refractivity contribution is 0.251. The molecule has 0 aliphatic heterocycles. The van der Waals surface area contributed by atoms with Crippen LogP contribution in [0.3, 0.4) is 0 Å². The maximum Gasteiger partial charge on any atom is 0.319 e. The molecule has 3 N–H and O–H groups in total. The summed E-state index contributed by atoms with van der Waals surface area (Å²) in [5, 5.41) is 17.3. The van der Waals surface area contributed by atoms with Gasteiger partial charge in [-0.25, -0.2) is 4.79 Å². The molecule has 0 aromatic heterocycles. The van der Waals surface area contributed by atoms with Crippen molar-refractivity contribution in [3.63, 3.8) is 0 Å². The van der Waals surface area contributed by atoms with E-state index in [1.807, 2.05) is 42.5 Å². The average Bonchev–Trinajstić information content (AvgIpc) is 2.61. The summed E-state index contributed by atoms with van der Waals surface area (Å²) >= 11 is 0. The number of anilines is 1. The smallest absolute Gasteiger partial charge is 0.319 e. The predicted molar refractivity (Wildman–Crippen MR) is 94.5 cm³/mol. The molecule has 0 saturated carbocycles. The van der Waals surface area contributed by atoms with Crippen LogP contribution in [0.1, 0.15) is 5.56 Å². The average molecular weight is 322 g/mol. The number of fused-ring (bicyclic) bond motifs is 1. The zero-order valence-corrected chi connectivity index (χ0v) is 13.2. The number of hydrogen-bond acceptors (Lipinski definition) is 3. The van der Waals surface area contributed by atoms with Crippen molar-refractivity contribution < 1.29 is 14.6 Å². The number of ether oxygens (including phenoxy) is 1. The molecule has 0 atom stereocenters. The SMILES string of the molecule is COc1cc(CNC(=O)Nc2cccc3ccccc23)ccc1O. The van der Waals surface area contributed by atoms with Crippen molar-refractivity contribution in [3.8, 4) is 11.5 Å². The van der Waals surface area contributed by atoms with E-state index in [2.05, 4.69) is 10.6 Å². The van der Waals surface area contributed by atoms with Gasteiger partial charge >= 0.3 is 6.03 Å². The van der Waals surface area contributed by atoms with Gasteiger partial charge in [0.2, 0.25) is 0 Å².